The first-order valence-corrected chi connectivity index (χ1v) is 5.74. The van der Waals surface area contributed by atoms with Crippen LogP contribution in [0.2, 0.25) is 0 Å². The molecule has 1 aromatic carbocycles. The largest absolute Gasteiger partial charge is 0.369 e. The fourth-order valence-corrected chi connectivity index (χ4v) is 2.32. The van der Waals surface area contributed by atoms with Crippen LogP contribution in [0.5, 0.6) is 0 Å². The Morgan fingerprint density at radius 2 is 2.06 bits per heavy atom. The van der Waals surface area contributed by atoms with Crippen molar-refractivity contribution in [1.82, 2.24) is 4.37 Å². The van der Waals surface area contributed by atoms with E-state index >= 15 is 0 Å². The molecular weight excluding hydrogens is 220 g/mol. The summed E-state index contributed by atoms with van der Waals surface area (Å²) in [4.78, 5) is 12.1. The topological polar surface area (TPSA) is 56.0 Å². The molecule has 0 atom stereocenters. The van der Waals surface area contributed by atoms with Crippen LogP contribution in [0, 0.1) is 6.92 Å². The highest BCUT2D eigenvalue weighted by molar-refractivity contribution is 7.06. The maximum absolute atomic E-state index is 11.0. The number of nitrogens with zero attached hydrogens (tertiary/aromatic N) is 1. The summed E-state index contributed by atoms with van der Waals surface area (Å²) >= 11 is 1.41. The number of hydrogen-bond donors (Lipinski definition) is 1. The van der Waals surface area contributed by atoms with Crippen molar-refractivity contribution in [3.63, 3.8) is 0 Å². The molecule has 0 saturated carbocycles. The Kier molecular flexibility index (Phi) is 3.01. The second-order valence-electron chi connectivity index (χ2n) is 3.58. The van der Waals surface area contributed by atoms with Crippen molar-refractivity contribution in [3.8, 4) is 11.3 Å². The molecule has 1 aromatic heterocycles. The molecule has 4 heteroatoms. The summed E-state index contributed by atoms with van der Waals surface area (Å²) in [5.41, 5.74) is 8.09. The van der Waals surface area contributed by atoms with E-state index in [-0.39, 0.29) is 12.3 Å². The van der Waals surface area contributed by atoms with Gasteiger partial charge in [-0.15, -0.1) is 0 Å². The Hall–Kier alpha value is -1.68. The van der Waals surface area contributed by atoms with Crippen molar-refractivity contribution in [3.05, 3.63) is 40.8 Å². The molecule has 0 aliphatic rings. The quantitative estimate of drug-likeness (QED) is 0.881. The van der Waals surface area contributed by atoms with Gasteiger partial charge in [0, 0.05) is 16.0 Å². The molecule has 0 bridgehead atoms. The van der Waals surface area contributed by atoms with Crippen molar-refractivity contribution in [2.45, 2.75) is 13.3 Å². The van der Waals surface area contributed by atoms with Crippen LogP contribution in [0.1, 0.15) is 10.4 Å². The minimum absolute atomic E-state index is 0.257. The molecule has 0 fully saturated rings. The van der Waals surface area contributed by atoms with E-state index in [0.29, 0.717) is 0 Å². The highest BCUT2D eigenvalue weighted by atomic mass is 32.1. The number of primary amides is 1. The summed E-state index contributed by atoms with van der Waals surface area (Å²) in [5.74, 6) is -0.319. The lowest BCUT2D eigenvalue weighted by Crippen LogP contribution is -2.14. The summed E-state index contributed by atoms with van der Waals surface area (Å²) in [6.07, 6.45) is 0.257. The molecule has 0 unspecified atom stereocenters. The minimum atomic E-state index is -0.319. The van der Waals surface area contributed by atoms with Crippen LogP contribution in [0.15, 0.2) is 30.3 Å². The molecule has 1 amide bonds. The number of benzene rings is 1. The Morgan fingerprint density at radius 1 is 1.38 bits per heavy atom. The van der Waals surface area contributed by atoms with Crippen molar-refractivity contribution in [2.75, 3.05) is 0 Å². The van der Waals surface area contributed by atoms with Crippen LogP contribution in [-0.2, 0) is 11.2 Å². The first-order valence-electron chi connectivity index (χ1n) is 4.97. The summed E-state index contributed by atoms with van der Waals surface area (Å²) in [6, 6.07) is 9.84. The fourth-order valence-electron chi connectivity index (χ4n) is 1.60. The second kappa shape index (κ2) is 4.45. The predicted molar refractivity (Wildman–Crippen MR) is 65.2 cm³/mol. The standard InChI is InChI=1S/C12H12N2OS/c1-8-10(7-11(13)15)12(14-16-8)9-5-3-2-4-6-9/h2-6H,7H2,1H3,(H2,13,15). The van der Waals surface area contributed by atoms with Crippen LogP contribution < -0.4 is 5.73 Å². The summed E-state index contributed by atoms with van der Waals surface area (Å²) in [7, 11) is 0. The molecule has 0 spiro atoms. The first kappa shape index (κ1) is 10.8. The molecule has 2 N–H and O–H groups in total. The fraction of sp³-hybridized carbons (Fsp3) is 0.167. The zero-order valence-electron chi connectivity index (χ0n) is 8.93. The third kappa shape index (κ3) is 2.12. The van der Waals surface area contributed by atoms with E-state index in [9.17, 15) is 4.79 Å². The van der Waals surface area contributed by atoms with E-state index in [1.165, 1.54) is 11.5 Å². The molecule has 1 heterocycles. The molecule has 2 aromatic rings. The van der Waals surface area contributed by atoms with Gasteiger partial charge in [-0.25, -0.2) is 0 Å². The summed E-state index contributed by atoms with van der Waals surface area (Å²) < 4.78 is 4.37. The van der Waals surface area contributed by atoms with E-state index in [0.717, 1.165) is 21.7 Å². The lowest BCUT2D eigenvalue weighted by molar-refractivity contribution is -0.117. The number of aryl methyl sites for hydroxylation is 1. The van der Waals surface area contributed by atoms with Crippen molar-refractivity contribution in [1.29, 1.82) is 0 Å². The van der Waals surface area contributed by atoms with Crippen LogP contribution >= 0.6 is 11.5 Å². The van der Waals surface area contributed by atoms with Gasteiger partial charge in [-0.1, -0.05) is 30.3 Å². The molecule has 16 heavy (non-hydrogen) atoms. The average Bonchev–Trinajstić information content (AvgIpc) is 2.61. The van der Waals surface area contributed by atoms with Gasteiger partial charge < -0.3 is 5.73 Å². The van der Waals surface area contributed by atoms with Gasteiger partial charge in [-0.05, 0) is 18.5 Å². The van der Waals surface area contributed by atoms with E-state index in [1.807, 2.05) is 37.3 Å². The Labute approximate surface area is 98.1 Å². The SMILES string of the molecule is Cc1snc(-c2ccccc2)c1CC(N)=O. The van der Waals surface area contributed by atoms with E-state index in [2.05, 4.69) is 4.37 Å². The van der Waals surface area contributed by atoms with Gasteiger partial charge in [0.15, 0.2) is 0 Å². The van der Waals surface area contributed by atoms with Gasteiger partial charge in [0.05, 0.1) is 12.1 Å². The maximum atomic E-state index is 11.0. The summed E-state index contributed by atoms with van der Waals surface area (Å²) in [5, 5.41) is 0. The number of carbonyl (C=O) groups is 1. The molecule has 0 aliphatic carbocycles. The van der Waals surface area contributed by atoms with Crippen LogP contribution in [0.3, 0.4) is 0 Å². The van der Waals surface area contributed by atoms with Gasteiger partial charge >= 0.3 is 0 Å². The lowest BCUT2D eigenvalue weighted by atomic mass is 10.0. The van der Waals surface area contributed by atoms with E-state index < -0.39 is 0 Å². The Bertz CT molecular complexity index is 505. The first-order chi connectivity index (χ1) is 7.68. The smallest absolute Gasteiger partial charge is 0.221 e. The third-order valence-corrected chi connectivity index (χ3v) is 3.18. The number of aromatic nitrogens is 1. The molecule has 0 aliphatic heterocycles. The van der Waals surface area contributed by atoms with Crippen molar-refractivity contribution < 1.29 is 4.79 Å². The molecule has 82 valence electrons. The van der Waals surface area contributed by atoms with Crippen LogP contribution in [-0.4, -0.2) is 10.3 Å². The molecular formula is C12H12N2OS. The highest BCUT2D eigenvalue weighted by Crippen LogP contribution is 2.27. The molecule has 2 rings (SSSR count). The van der Waals surface area contributed by atoms with Crippen LogP contribution in [0.4, 0.5) is 0 Å². The van der Waals surface area contributed by atoms with E-state index in [4.69, 9.17) is 5.73 Å². The van der Waals surface area contributed by atoms with Gasteiger partial charge in [-0.3, -0.25) is 4.79 Å². The molecule has 0 saturated heterocycles. The normalized spacial score (nSPS) is 10.3. The molecule has 0 radical (unpaired) electrons. The maximum Gasteiger partial charge on any atom is 0.221 e. The number of rotatable bonds is 3. The van der Waals surface area contributed by atoms with Gasteiger partial charge in [-0.2, -0.15) is 4.37 Å². The van der Waals surface area contributed by atoms with Crippen molar-refractivity contribution >= 4 is 17.4 Å². The van der Waals surface area contributed by atoms with Crippen LogP contribution in [0.25, 0.3) is 11.3 Å². The highest BCUT2D eigenvalue weighted by Gasteiger charge is 2.14. The summed E-state index contributed by atoms with van der Waals surface area (Å²) in [6.45, 7) is 1.96. The number of amides is 1. The average molecular weight is 232 g/mol. The Balaban J connectivity index is 2.46. The van der Waals surface area contributed by atoms with Gasteiger partial charge in [0.25, 0.3) is 0 Å². The van der Waals surface area contributed by atoms with E-state index in [1.54, 1.807) is 0 Å². The minimum Gasteiger partial charge on any atom is -0.369 e. The molecule has 3 nitrogen and oxygen atoms in total. The van der Waals surface area contributed by atoms with Crippen molar-refractivity contribution in [2.24, 2.45) is 5.73 Å². The zero-order valence-corrected chi connectivity index (χ0v) is 9.75. The van der Waals surface area contributed by atoms with Gasteiger partial charge in [0.2, 0.25) is 5.91 Å². The number of carbonyl (C=O) groups excluding carboxylic acids is 1. The third-order valence-electron chi connectivity index (χ3n) is 2.38. The Morgan fingerprint density at radius 3 is 2.69 bits per heavy atom. The lowest BCUT2D eigenvalue weighted by Gasteiger charge is -2.01. The van der Waals surface area contributed by atoms with Gasteiger partial charge in [0.1, 0.15) is 0 Å². The predicted octanol–water partition coefficient (Wildman–Crippen LogP) is 2.15. The zero-order chi connectivity index (χ0) is 11.5. The number of hydrogen-bond acceptors (Lipinski definition) is 3. The monoisotopic (exact) mass is 232 g/mol. The number of nitrogens with two attached hydrogens (primary N) is 1. The second-order valence-corrected chi connectivity index (χ2v) is 4.55.